The van der Waals surface area contributed by atoms with E-state index in [0.29, 0.717) is 31.1 Å². The van der Waals surface area contributed by atoms with Gasteiger partial charge in [0.25, 0.3) is 5.91 Å². The number of carbonyl (C=O) groups is 1. The van der Waals surface area contributed by atoms with Crippen LogP contribution >= 0.6 is 0 Å². The fraction of sp³-hybridized carbons (Fsp3) is 0.375. The molecule has 1 amide bonds. The van der Waals surface area contributed by atoms with Crippen LogP contribution < -0.4 is 10.2 Å². The molecule has 0 aliphatic carbocycles. The number of nitrogens with zero attached hydrogens (tertiary/aromatic N) is 2. The zero-order valence-corrected chi connectivity index (χ0v) is 12.9. The van der Waals surface area contributed by atoms with Gasteiger partial charge in [-0.3, -0.25) is 9.69 Å². The Morgan fingerprint density at radius 2 is 2.26 bits per heavy atom. The van der Waals surface area contributed by atoms with Gasteiger partial charge in [0.15, 0.2) is 0 Å². The number of carbonyl (C=O) groups excluding carboxylic acids is 1. The summed E-state index contributed by atoms with van der Waals surface area (Å²) < 4.78 is 10.5. The van der Waals surface area contributed by atoms with E-state index in [1.807, 2.05) is 4.90 Å². The Hall–Kier alpha value is -2.38. The Balaban J connectivity index is 1.82. The number of hydrogen-bond acceptors (Lipinski definition) is 6. The minimum atomic E-state index is -0.200. The number of phenolic OH excluding ortho intramolecular Hbond substituents is 1. The van der Waals surface area contributed by atoms with Crippen molar-refractivity contribution in [2.75, 3.05) is 39.5 Å². The molecule has 0 radical (unpaired) electrons. The molecule has 1 aromatic rings. The summed E-state index contributed by atoms with van der Waals surface area (Å²) in [5, 5.41) is 13.7. The molecule has 7 nitrogen and oxygen atoms in total. The van der Waals surface area contributed by atoms with E-state index in [2.05, 4.69) is 17.1 Å². The van der Waals surface area contributed by atoms with Crippen LogP contribution in [0.2, 0.25) is 0 Å². The summed E-state index contributed by atoms with van der Waals surface area (Å²) in [6, 6.07) is 4.85. The van der Waals surface area contributed by atoms with Gasteiger partial charge in [0.05, 0.1) is 26.0 Å². The van der Waals surface area contributed by atoms with Crippen molar-refractivity contribution in [1.82, 2.24) is 10.3 Å². The second-order valence-electron chi connectivity index (χ2n) is 5.00. The fourth-order valence-corrected chi connectivity index (χ4v) is 2.05. The molecule has 0 saturated carbocycles. The number of phenols is 1. The number of nitrogens with one attached hydrogen (secondary N) is 1. The predicted molar refractivity (Wildman–Crippen MR) is 86.8 cm³/mol. The van der Waals surface area contributed by atoms with Crippen molar-refractivity contribution >= 4 is 12.1 Å². The molecule has 0 unspecified atom stereocenters. The van der Waals surface area contributed by atoms with Crippen LogP contribution in [0, 0.1) is 0 Å². The molecule has 1 aromatic carbocycles. The highest BCUT2D eigenvalue weighted by atomic mass is 16.5. The highest BCUT2D eigenvalue weighted by Gasteiger charge is 2.13. The lowest BCUT2D eigenvalue weighted by Crippen LogP contribution is -2.42. The average molecular weight is 319 g/mol. The van der Waals surface area contributed by atoms with Crippen LogP contribution in [0.3, 0.4) is 0 Å². The van der Waals surface area contributed by atoms with E-state index in [4.69, 9.17) is 9.47 Å². The summed E-state index contributed by atoms with van der Waals surface area (Å²) in [4.78, 5) is 13.8. The van der Waals surface area contributed by atoms with Gasteiger partial charge in [0, 0.05) is 24.7 Å². The maximum Gasteiger partial charge on any atom is 0.254 e. The second-order valence-corrected chi connectivity index (χ2v) is 5.00. The van der Waals surface area contributed by atoms with Gasteiger partial charge in [-0.1, -0.05) is 12.7 Å². The monoisotopic (exact) mass is 319 g/mol. The molecule has 0 aromatic heterocycles. The van der Waals surface area contributed by atoms with Gasteiger partial charge in [-0.25, -0.2) is 5.43 Å². The lowest BCUT2D eigenvalue weighted by Gasteiger charge is -2.25. The Kier molecular flexibility index (Phi) is 6.58. The van der Waals surface area contributed by atoms with Crippen molar-refractivity contribution in [3.8, 4) is 11.5 Å². The maximum atomic E-state index is 11.8. The van der Waals surface area contributed by atoms with Crippen LogP contribution in [0.25, 0.3) is 0 Å². The first-order chi connectivity index (χ1) is 11.2. The van der Waals surface area contributed by atoms with Crippen molar-refractivity contribution in [2.24, 2.45) is 5.10 Å². The second kappa shape index (κ2) is 8.92. The SMILES string of the molecule is C=CCOc1ccc(/C=N\NC(=O)CN2CCOCC2)c(O)c1. The molecule has 7 heteroatoms. The van der Waals surface area contributed by atoms with Crippen LogP contribution in [0.15, 0.2) is 36.0 Å². The quantitative estimate of drug-likeness (QED) is 0.440. The molecule has 0 atom stereocenters. The van der Waals surface area contributed by atoms with E-state index in [-0.39, 0.29) is 18.2 Å². The standard InChI is InChI=1S/C16H21N3O4/c1-2-7-23-14-4-3-13(15(20)10-14)11-17-18-16(21)12-19-5-8-22-9-6-19/h2-4,10-11,20H,1,5-9,12H2,(H,18,21)/b17-11-. The Morgan fingerprint density at radius 1 is 1.48 bits per heavy atom. The van der Waals surface area contributed by atoms with E-state index in [1.54, 1.807) is 18.2 Å². The highest BCUT2D eigenvalue weighted by Crippen LogP contribution is 2.22. The smallest absolute Gasteiger partial charge is 0.254 e. The van der Waals surface area contributed by atoms with Gasteiger partial charge >= 0.3 is 0 Å². The largest absolute Gasteiger partial charge is 0.507 e. The van der Waals surface area contributed by atoms with Gasteiger partial charge < -0.3 is 14.6 Å². The lowest BCUT2D eigenvalue weighted by atomic mass is 10.2. The third-order valence-corrected chi connectivity index (χ3v) is 3.23. The number of rotatable bonds is 7. The molecule has 1 heterocycles. The van der Waals surface area contributed by atoms with Gasteiger partial charge in [0.1, 0.15) is 18.1 Å². The summed E-state index contributed by atoms with van der Waals surface area (Å²) in [5.74, 6) is 0.363. The average Bonchev–Trinajstić information content (AvgIpc) is 2.55. The van der Waals surface area contributed by atoms with Crippen molar-refractivity contribution in [1.29, 1.82) is 0 Å². The zero-order chi connectivity index (χ0) is 16.5. The number of amides is 1. The van der Waals surface area contributed by atoms with Gasteiger partial charge in [0.2, 0.25) is 0 Å². The minimum absolute atomic E-state index is 0.0257. The number of hydrazone groups is 1. The molecular weight excluding hydrogens is 298 g/mol. The normalized spacial score (nSPS) is 15.5. The first kappa shape index (κ1) is 17.0. The summed E-state index contributed by atoms with van der Waals surface area (Å²) in [7, 11) is 0. The molecule has 1 saturated heterocycles. The third kappa shape index (κ3) is 5.72. The molecule has 0 bridgehead atoms. The van der Waals surface area contributed by atoms with E-state index in [1.165, 1.54) is 12.3 Å². The molecule has 2 rings (SSSR count). The molecule has 1 aliphatic heterocycles. The number of hydrogen-bond donors (Lipinski definition) is 2. The number of benzene rings is 1. The highest BCUT2D eigenvalue weighted by molar-refractivity contribution is 5.85. The molecule has 1 aliphatic rings. The first-order valence-electron chi connectivity index (χ1n) is 7.38. The maximum absolute atomic E-state index is 11.8. The summed E-state index contributed by atoms with van der Waals surface area (Å²) >= 11 is 0. The van der Waals surface area contributed by atoms with E-state index in [0.717, 1.165) is 13.1 Å². The van der Waals surface area contributed by atoms with E-state index < -0.39 is 0 Å². The molecule has 0 spiro atoms. The lowest BCUT2D eigenvalue weighted by molar-refractivity contribution is -0.123. The molecule has 2 N–H and O–H groups in total. The number of aromatic hydroxyl groups is 1. The van der Waals surface area contributed by atoms with Crippen molar-refractivity contribution in [3.63, 3.8) is 0 Å². The molecular formula is C16H21N3O4. The van der Waals surface area contributed by atoms with Gasteiger partial charge in [-0.2, -0.15) is 5.10 Å². The minimum Gasteiger partial charge on any atom is -0.507 e. The molecule has 1 fully saturated rings. The topological polar surface area (TPSA) is 83.4 Å². The Labute approximate surface area is 135 Å². The molecule has 124 valence electrons. The molecule has 23 heavy (non-hydrogen) atoms. The van der Waals surface area contributed by atoms with Gasteiger partial charge in [-0.05, 0) is 12.1 Å². The summed E-state index contributed by atoms with van der Waals surface area (Å²) in [6.07, 6.45) is 3.01. The van der Waals surface area contributed by atoms with Crippen LogP contribution in [-0.4, -0.2) is 61.6 Å². The third-order valence-electron chi connectivity index (χ3n) is 3.23. The van der Waals surface area contributed by atoms with Crippen LogP contribution in [0.5, 0.6) is 11.5 Å². The van der Waals surface area contributed by atoms with Crippen molar-refractivity contribution < 1.29 is 19.4 Å². The Bertz CT molecular complexity index is 568. The van der Waals surface area contributed by atoms with Crippen molar-refractivity contribution in [3.05, 3.63) is 36.4 Å². The first-order valence-corrected chi connectivity index (χ1v) is 7.38. The summed E-state index contributed by atoms with van der Waals surface area (Å²) in [6.45, 7) is 6.97. The summed E-state index contributed by atoms with van der Waals surface area (Å²) in [5.41, 5.74) is 2.94. The van der Waals surface area contributed by atoms with Crippen LogP contribution in [0.1, 0.15) is 5.56 Å². The van der Waals surface area contributed by atoms with E-state index >= 15 is 0 Å². The number of ether oxygens (including phenoxy) is 2. The van der Waals surface area contributed by atoms with Crippen LogP contribution in [0.4, 0.5) is 0 Å². The van der Waals surface area contributed by atoms with E-state index in [9.17, 15) is 9.90 Å². The van der Waals surface area contributed by atoms with Gasteiger partial charge in [-0.15, -0.1) is 0 Å². The number of morpholine rings is 1. The predicted octanol–water partition coefficient (Wildman–Crippen LogP) is 0.739. The fourth-order valence-electron chi connectivity index (χ4n) is 2.05. The van der Waals surface area contributed by atoms with Crippen LogP contribution in [-0.2, 0) is 9.53 Å². The van der Waals surface area contributed by atoms with Crippen molar-refractivity contribution in [2.45, 2.75) is 0 Å². The zero-order valence-electron chi connectivity index (χ0n) is 12.9. The Morgan fingerprint density at radius 3 is 2.96 bits per heavy atom.